The summed E-state index contributed by atoms with van der Waals surface area (Å²) in [6, 6.07) is 23.8. The summed E-state index contributed by atoms with van der Waals surface area (Å²) in [5.74, 6) is 1.40. The lowest BCUT2D eigenvalue weighted by Crippen LogP contribution is -2.43. The van der Waals surface area contributed by atoms with Crippen molar-refractivity contribution in [3.05, 3.63) is 96.2 Å². The van der Waals surface area contributed by atoms with Gasteiger partial charge in [0.2, 0.25) is 18.0 Å². The van der Waals surface area contributed by atoms with Crippen molar-refractivity contribution in [2.24, 2.45) is 16.0 Å². The standard InChI is InChI=1S/C36H42N8O2S2/c1-3-30(37)28-10-4-6-12-31(28)40-24-35(45)38-17-21-47-48-22-18-39-36(46)25-44-20-16-32(29-11-5-7-13-34(29)44)42-41-27-14-15-33-26(23-27)9-8-19-43(33)2/h3-7,10-16,20,23,40H,8-9,17-19,21-22,24-25,37H2,1-2H3,(H-,38,39,45,46)/p+1/b30-3+. The number of nitrogens with two attached hydrogens (primary N) is 1. The van der Waals surface area contributed by atoms with Crippen molar-refractivity contribution in [1.82, 2.24) is 10.6 Å². The Morgan fingerprint density at radius 2 is 1.71 bits per heavy atom. The number of carbonyl (C=O) groups is 2. The van der Waals surface area contributed by atoms with Crippen LogP contribution < -0.4 is 31.2 Å². The van der Waals surface area contributed by atoms with Gasteiger partial charge in [-0.15, -0.1) is 5.11 Å². The van der Waals surface area contributed by atoms with Crippen LogP contribution in [-0.4, -0.2) is 56.5 Å². The number of azo groups is 1. The van der Waals surface area contributed by atoms with Crippen LogP contribution in [0.15, 0.2) is 95.3 Å². The lowest BCUT2D eigenvalue weighted by Gasteiger charge is -2.27. The van der Waals surface area contributed by atoms with Gasteiger partial charge in [0.25, 0.3) is 5.91 Å². The molecule has 1 aliphatic rings. The molecule has 0 unspecified atom stereocenters. The molecule has 5 N–H and O–H groups in total. The van der Waals surface area contributed by atoms with Crippen molar-refractivity contribution in [2.75, 3.05) is 54.9 Å². The maximum absolute atomic E-state index is 12.8. The molecule has 0 saturated heterocycles. The van der Waals surface area contributed by atoms with Crippen LogP contribution in [0.25, 0.3) is 16.6 Å². The number of rotatable bonds is 15. The van der Waals surface area contributed by atoms with E-state index < -0.39 is 0 Å². The first-order chi connectivity index (χ1) is 23.4. The number of fused-ring (bicyclic) bond motifs is 2. The molecule has 0 radical (unpaired) electrons. The maximum atomic E-state index is 12.8. The van der Waals surface area contributed by atoms with E-state index in [9.17, 15) is 9.59 Å². The third-order valence-electron chi connectivity index (χ3n) is 7.99. The molecule has 2 heterocycles. The number of carbonyl (C=O) groups excluding carboxylic acids is 2. The Kier molecular flexibility index (Phi) is 12.7. The quantitative estimate of drug-likeness (QED) is 0.0526. The molecule has 0 spiro atoms. The van der Waals surface area contributed by atoms with Crippen LogP contribution in [0.5, 0.6) is 0 Å². The van der Waals surface area contributed by atoms with Gasteiger partial charge >= 0.3 is 0 Å². The third kappa shape index (κ3) is 9.51. The Morgan fingerprint density at radius 3 is 2.52 bits per heavy atom. The van der Waals surface area contributed by atoms with Gasteiger partial charge in [-0.05, 0) is 55.7 Å². The zero-order chi connectivity index (χ0) is 33.7. The number of para-hydroxylation sites is 2. The first-order valence-corrected chi connectivity index (χ1v) is 18.6. The molecule has 10 nitrogen and oxygen atoms in total. The fourth-order valence-electron chi connectivity index (χ4n) is 5.52. The van der Waals surface area contributed by atoms with Gasteiger partial charge in [-0.2, -0.15) is 9.68 Å². The lowest BCUT2D eigenvalue weighted by atomic mass is 10.0. The van der Waals surface area contributed by atoms with Gasteiger partial charge in [0.1, 0.15) is 5.69 Å². The average Bonchev–Trinajstić information content (AvgIpc) is 3.11. The van der Waals surface area contributed by atoms with Crippen molar-refractivity contribution in [3.63, 3.8) is 0 Å². The van der Waals surface area contributed by atoms with Gasteiger partial charge < -0.3 is 26.6 Å². The molecule has 12 heteroatoms. The number of amides is 2. The van der Waals surface area contributed by atoms with E-state index in [4.69, 9.17) is 5.73 Å². The van der Waals surface area contributed by atoms with Crippen LogP contribution >= 0.6 is 21.6 Å². The fourth-order valence-corrected chi connectivity index (χ4v) is 7.33. The number of aromatic nitrogens is 1. The molecule has 1 aliphatic heterocycles. The number of allylic oxidation sites excluding steroid dienone is 1. The number of nitrogens with zero attached hydrogens (tertiary/aromatic N) is 4. The molecular weight excluding hydrogens is 641 g/mol. The van der Waals surface area contributed by atoms with Crippen LogP contribution in [0.1, 0.15) is 24.5 Å². The minimum absolute atomic E-state index is 0.0540. The maximum Gasteiger partial charge on any atom is 0.286 e. The summed E-state index contributed by atoms with van der Waals surface area (Å²) in [6.07, 6.45) is 5.93. The molecule has 0 fully saturated rings. The van der Waals surface area contributed by atoms with E-state index in [2.05, 4.69) is 50.3 Å². The van der Waals surface area contributed by atoms with E-state index in [0.717, 1.165) is 64.4 Å². The predicted octanol–water partition coefficient (Wildman–Crippen LogP) is 5.97. The van der Waals surface area contributed by atoms with Gasteiger partial charge in [-0.1, -0.05) is 58.0 Å². The third-order valence-corrected chi connectivity index (χ3v) is 10.4. The zero-order valence-electron chi connectivity index (χ0n) is 27.4. The number of hydrogen-bond donors (Lipinski definition) is 4. The Labute approximate surface area is 290 Å². The van der Waals surface area contributed by atoms with E-state index in [1.54, 1.807) is 21.6 Å². The lowest BCUT2D eigenvalue weighted by molar-refractivity contribution is -0.658. The van der Waals surface area contributed by atoms with E-state index in [1.165, 1.54) is 11.3 Å². The van der Waals surface area contributed by atoms with Gasteiger partial charge in [0, 0.05) is 73.0 Å². The van der Waals surface area contributed by atoms with Crippen molar-refractivity contribution in [2.45, 2.75) is 26.3 Å². The number of anilines is 2. The van der Waals surface area contributed by atoms with Crippen molar-refractivity contribution in [3.8, 4) is 0 Å². The molecule has 0 saturated carbocycles. The second kappa shape index (κ2) is 17.6. The topological polar surface area (TPSA) is 128 Å². The highest BCUT2D eigenvalue weighted by molar-refractivity contribution is 8.76. The predicted molar refractivity (Wildman–Crippen MR) is 200 cm³/mol. The average molecular weight is 684 g/mol. The van der Waals surface area contributed by atoms with Crippen LogP contribution in [0.2, 0.25) is 0 Å². The minimum Gasteiger partial charge on any atom is -0.398 e. The van der Waals surface area contributed by atoms with Crippen LogP contribution in [0.3, 0.4) is 0 Å². The summed E-state index contributed by atoms with van der Waals surface area (Å²) in [7, 11) is 5.46. The Morgan fingerprint density at radius 1 is 0.958 bits per heavy atom. The van der Waals surface area contributed by atoms with E-state index in [0.29, 0.717) is 18.8 Å². The number of benzene rings is 3. The molecule has 0 aliphatic carbocycles. The number of nitrogens with one attached hydrogen (secondary N) is 3. The number of hydrogen-bond acceptors (Lipinski definition) is 9. The Hall–Kier alpha value is -4.55. The number of aryl methyl sites for hydroxylation is 1. The minimum atomic E-state index is -0.0783. The highest BCUT2D eigenvalue weighted by Crippen LogP contribution is 2.31. The van der Waals surface area contributed by atoms with E-state index >= 15 is 0 Å². The molecule has 0 atom stereocenters. The summed E-state index contributed by atoms with van der Waals surface area (Å²) in [4.78, 5) is 27.3. The van der Waals surface area contributed by atoms with Crippen molar-refractivity contribution in [1.29, 1.82) is 0 Å². The summed E-state index contributed by atoms with van der Waals surface area (Å²) < 4.78 is 1.94. The van der Waals surface area contributed by atoms with Crippen molar-refractivity contribution >= 4 is 72.8 Å². The molecule has 48 heavy (non-hydrogen) atoms. The summed E-state index contributed by atoms with van der Waals surface area (Å²) in [6.45, 7) is 4.46. The summed E-state index contributed by atoms with van der Waals surface area (Å²) >= 11 is 0. The SMILES string of the molecule is C/C=C(/N)c1ccccc1NCC(=O)NCCSSCCNC(=O)C[n+]1ccc(N=Nc2ccc3c(c2)CCCN3C)c2ccccc21. The molecule has 3 aromatic carbocycles. The second-order valence-electron chi connectivity index (χ2n) is 11.4. The Balaban J connectivity index is 1.01. The normalized spacial score (nSPS) is 13.0. The van der Waals surface area contributed by atoms with Crippen molar-refractivity contribution < 1.29 is 14.2 Å². The van der Waals surface area contributed by atoms with Gasteiger partial charge in [-0.3, -0.25) is 9.59 Å². The first-order valence-electron chi connectivity index (χ1n) is 16.1. The molecule has 0 bridgehead atoms. The van der Waals surface area contributed by atoms with Gasteiger partial charge in [0.15, 0.2) is 6.20 Å². The summed E-state index contributed by atoms with van der Waals surface area (Å²) in [5, 5.41) is 19.2. The second-order valence-corrected chi connectivity index (χ2v) is 14.1. The highest BCUT2D eigenvalue weighted by atomic mass is 33.1. The Bertz CT molecular complexity index is 1800. The monoisotopic (exact) mass is 683 g/mol. The molecule has 250 valence electrons. The molecular formula is C36H43N8O2S2+. The smallest absolute Gasteiger partial charge is 0.286 e. The van der Waals surface area contributed by atoms with Gasteiger partial charge in [-0.25, -0.2) is 0 Å². The fraction of sp³-hybridized carbons (Fsp3) is 0.306. The zero-order valence-corrected chi connectivity index (χ0v) is 29.1. The molecule has 4 aromatic rings. The largest absolute Gasteiger partial charge is 0.398 e. The van der Waals surface area contributed by atoms with E-state index in [-0.39, 0.29) is 24.9 Å². The first kappa shape index (κ1) is 34.8. The molecule has 5 rings (SSSR count). The summed E-state index contributed by atoms with van der Waals surface area (Å²) in [5.41, 5.74) is 13.5. The van der Waals surface area contributed by atoms with Crippen LogP contribution in [-0.2, 0) is 22.6 Å². The van der Waals surface area contributed by atoms with Gasteiger partial charge in [0.05, 0.1) is 17.6 Å². The van der Waals surface area contributed by atoms with E-state index in [1.807, 2.05) is 84.4 Å². The highest BCUT2D eigenvalue weighted by Gasteiger charge is 2.17. The number of pyridine rings is 1. The van der Waals surface area contributed by atoms with Crippen LogP contribution in [0.4, 0.5) is 22.7 Å². The van der Waals surface area contributed by atoms with Crippen LogP contribution in [0, 0.1) is 0 Å². The molecule has 1 aromatic heterocycles. The molecule has 2 amide bonds.